The summed E-state index contributed by atoms with van der Waals surface area (Å²) in [6.07, 6.45) is 1.33. The van der Waals surface area contributed by atoms with Crippen LogP contribution in [0.4, 0.5) is 20.7 Å². The summed E-state index contributed by atoms with van der Waals surface area (Å²) < 4.78 is 26.3. The Hall–Kier alpha value is -5.33. The van der Waals surface area contributed by atoms with E-state index in [2.05, 4.69) is 15.3 Å². The van der Waals surface area contributed by atoms with Gasteiger partial charge in [0.15, 0.2) is 0 Å². The lowest BCUT2D eigenvalue weighted by atomic mass is 10.1. The fraction of sp³-hybridized carbons (Fsp3) is 0.290. The van der Waals surface area contributed by atoms with Crippen LogP contribution < -0.4 is 16.0 Å². The van der Waals surface area contributed by atoms with Crippen LogP contribution >= 0.6 is 0 Å². The van der Waals surface area contributed by atoms with Gasteiger partial charge < -0.3 is 25.1 Å². The van der Waals surface area contributed by atoms with E-state index in [0.29, 0.717) is 34.8 Å². The molecular formula is C31H34FN7O5. The molecule has 0 bridgehead atoms. The molecule has 4 aromatic rings. The summed E-state index contributed by atoms with van der Waals surface area (Å²) in [5, 5.41) is 3.18. The van der Waals surface area contributed by atoms with Crippen LogP contribution in [-0.2, 0) is 27.9 Å². The Labute approximate surface area is 253 Å². The SMILES string of the molecule is CCCOC(=O)/N=C(\N)c1cc(NCc2nc3cc(C(=O)N(CCC(=O)OCC)c4ccccn4)ccc3n2C)ccc1F. The monoisotopic (exact) mass is 603 g/mol. The average Bonchev–Trinajstić information content (AvgIpc) is 3.34. The van der Waals surface area contributed by atoms with Gasteiger partial charge >= 0.3 is 12.1 Å². The van der Waals surface area contributed by atoms with Gasteiger partial charge in [-0.3, -0.25) is 14.5 Å². The number of aliphatic imine (C=N–C) groups is 1. The van der Waals surface area contributed by atoms with E-state index in [1.807, 2.05) is 18.5 Å². The van der Waals surface area contributed by atoms with Crippen molar-refractivity contribution in [1.29, 1.82) is 0 Å². The first-order valence-electron chi connectivity index (χ1n) is 14.1. The maximum Gasteiger partial charge on any atom is 0.435 e. The number of hydrogen-bond donors (Lipinski definition) is 2. The minimum absolute atomic E-state index is 0.0172. The van der Waals surface area contributed by atoms with Crippen LogP contribution in [0.15, 0.2) is 65.8 Å². The fourth-order valence-corrected chi connectivity index (χ4v) is 4.36. The minimum Gasteiger partial charge on any atom is -0.466 e. The lowest BCUT2D eigenvalue weighted by molar-refractivity contribution is -0.142. The van der Waals surface area contributed by atoms with Gasteiger partial charge in [0.05, 0.1) is 42.8 Å². The molecule has 4 rings (SSSR count). The topological polar surface area (TPSA) is 154 Å². The maximum absolute atomic E-state index is 14.5. The van der Waals surface area contributed by atoms with E-state index >= 15 is 0 Å². The molecule has 13 heteroatoms. The molecule has 2 aromatic carbocycles. The van der Waals surface area contributed by atoms with Gasteiger partial charge in [-0.25, -0.2) is 19.2 Å². The third-order valence-corrected chi connectivity index (χ3v) is 6.57. The van der Waals surface area contributed by atoms with Crippen molar-refractivity contribution in [3.05, 3.63) is 83.6 Å². The molecule has 0 spiro atoms. The minimum atomic E-state index is -0.887. The molecule has 0 aliphatic heterocycles. The van der Waals surface area contributed by atoms with Gasteiger partial charge in [-0.05, 0) is 61.9 Å². The number of halogens is 1. The summed E-state index contributed by atoms with van der Waals surface area (Å²) >= 11 is 0. The number of ether oxygens (including phenoxy) is 2. The number of carbonyl (C=O) groups is 3. The number of nitrogens with two attached hydrogens (primary N) is 1. The van der Waals surface area contributed by atoms with Gasteiger partial charge in [0, 0.05) is 31.0 Å². The number of rotatable bonds is 12. The van der Waals surface area contributed by atoms with E-state index in [9.17, 15) is 18.8 Å². The first-order chi connectivity index (χ1) is 21.2. The van der Waals surface area contributed by atoms with Crippen LogP contribution in [0.25, 0.3) is 11.0 Å². The normalized spacial score (nSPS) is 11.3. The molecule has 0 radical (unpaired) electrons. The van der Waals surface area contributed by atoms with Crippen molar-refractivity contribution in [1.82, 2.24) is 14.5 Å². The standard InChI is InChI=1S/C31H34FN7O5/c1-4-16-44-31(42)37-29(33)22-18-21(10-11-23(22)32)35-19-27-36-24-17-20(9-12-25(24)38(27)3)30(41)39(15-13-28(40)43-5-2)26-8-6-7-14-34-26/h6-12,14,17-18,35H,4-5,13,15-16,19H2,1-3H3,(H2,33,37,42). The number of carbonyl (C=O) groups excluding carboxylic acids is 3. The largest absolute Gasteiger partial charge is 0.466 e. The summed E-state index contributed by atoms with van der Waals surface area (Å²) in [5.41, 5.74) is 8.10. The predicted molar refractivity (Wildman–Crippen MR) is 164 cm³/mol. The number of anilines is 2. The summed E-state index contributed by atoms with van der Waals surface area (Å²) in [4.78, 5) is 51.5. The lowest BCUT2D eigenvalue weighted by Crippen LogP contribution is -2.34. The van der Waals surface area contributed by atoms with E-state index in [1.165, 1.54) is 23.1 Å². The number of amides is 2. The van der Waals surface area contributed by atoms with Crippen molar-refractivity contribution in [3.63, 3.8) is 0 Å². The van der Waals surface area contributed by atoms with E-state index in [-0.39, 0.29) is 50.0 Å². The van der Waals surface area contributed by atoms with Crippen molar-refractivity contribution >= 4 is 46.3 Å². The molecule has 0 fully saturated rings. The highest BCUT2D eigenvalue weighted by Gasteiger charge is 2.21. The Morgan fingerprint density at radius 1 is 1.09 bits per heavy atom. The van der Waals surface area contributed by atoms with Gasteiger partial charge in [-0.1, -0.05) is 13.0 Å². The number of benzene rings is 2. The lowest BCUT2D eigenvalue weighted by Gasteiger charge is -2.21. The highest BCUT2D eigenvalue weighted by molar-refractivity contribution is 6.07. The zero-order valence-corrected chi connectivity index (χ0v) is 24.7. The maximum atomic E-state index is 14.5. The van der Waals surface area contributed by atoms with Crippen molar-refractivity contribution < 1.29 is 28.2 Å². The van der Waals surface area contributed by atoms with Crippen molar-refractivity contribution in [2.24, 2.45) is 17.8 Å². The summed E-state index contributed by atoms with van der Waals surface area (Å²) in [5.74, 6) is -0.622. The van der Waals surface area contributed by atoms with Gasteiger partial charge in [0.25, 0.3) is 5.91 Å². The van der Waals surface area contributed by atoms with Crippen LogP contribution in [0.1, 0.15) is 48.4 Å². The highest BCUT2D eigenvalue weighted by Crippen LogP contribution is 2.22. The molecule has 2 amide bonds. The van der Waals surface area contributed by atoms with Crippen LogP contribution in [-0.4, -0.2) is 58.1 Å². The number of imidazole rings is 1. The number of hydrogen-bond acceptors (Lipinski definition) is 8. The quantitative estimate of drug-likeness (QED) is 0.135. The van der Waals surface area contributed by atoms with Gasteiger partial charge in [0.2, 0.25) is 0 Å². The predicted octanol–water partition coefficient (Wildman–Crippen LogP) is 4.57. The Bertz CT molecular complexity index is 1670. The Morgan fingerprint density at radius 2 is 1.91 bits per heavy atom. The van der Waals surface area contributed by atoms with Gasteiger partial charge in [-0.2, -0.15) is 4.99 Å². The van der Waals surface area contributed by atoms with Crippen LogP contribution in [0.5, 0.6) is 0 Å². The second kappa shape index (κ2) is 14.7. The van der Waals surface area contributed by atoms with Crippen LogP contribution in [0.2, 0.25) is 0 Å². The number of esters is 1. The van der Waals surface area contributed by atoms with Crippen molar-refractivity contribution in [2.75, 3.05) is 30.0 Å². The Balaban J connectivity index is 1.52. The molecule has 230 valence electrons. The van der Waals surface area contributed by atoms with Crippen LogP contribution in [0.3, 0.4) is 0 Å². The molecule has 12 nitrogen and oxygen atoms in total. The molecule has 0 atom stereocenters. The third-order valence-electron chi connectivity index (χ3n) is 6.57. The second-order valence-electron chi connectivity index (χ2n) is 9.65. The summed E-state index contributed by atoms with van der Waals surface area (Å²) in [6, 6.07) is 14.6. The highest BCUT2D eigenvalue weighted by atomic mass is 19.1. The number of aryl methyl sites for hydroxylation is 1. The number of nitrogens with one attached hydrogen (secondary N) is 1. The van der Waals surface area contributed by atoms with E-state index < -0.39 is 17.9 Å². The Kier molecular flexibility index (Phi) is 10.6. The van der Waals surface area contributed by atoms with E-state index in [0.717, 1.165) is 5.52 Å². The third kappa shape index (κ3) is 7.73. The smallest absolute Gasteiger partial charge is 0.435 e. The number of pyridine rings is 1. The fourth-order valence-electron chi connectivity index (χ4n) is 4.36. The molecule has 3 N–H and O–H groups in total. The zero-order valence-electron chi connectivity index (χ0n) is 24.7. The molecule has 44 heavy (non-hydrogen) atoms. The summed E-state index contributed by atoms with van der Waals surface area (Å²) in [7, 11) is 1.84. The zero-order chi connectivity index (χ0) is 31.6. The molecule has 0 aliphatic rings. The van der Waals surface area contributed by atoms with Gasteiger partial charge in [0.1, 0.15) is 23.3 Å². The second-order valence-corrected chi connectivity index (χ2v) is 9.65. The van der Waals surface area contributed by atoms with Gasteiger partial charge in [-0.15, -0.1) is 0 Å². The van der Waals surface area contributed by atoms with Crippen LogP contribution in [0, 0.1) is 5.82 Å². The molecule has 0 aliphatic carbocycles. The average molecular weight is 604 g/mol. The molecular weight excluding hydrogens is 569 g/mol. The number of nitrogens with zero attached hydrogens (tertiary/aromatic N) is 5. The van der Waals surface area contributed by atoms with E-state index in [4.69, 9.17) is 20.2 Å². The molecule has 0 saturated carbocycles. The molecule has 2 aromatic heterocycles. The van der Waals surface area contributed by atoms with Crippen molar-refractivity contribution in [3.8, 4) is 0 Å². The number of aromatic nitrogens is 3. The first-order valence-corrected chi connectivity index (χ1v) is 14.1. The molecule has 0 saturated heterocycles. The van der Waals surface area contributed by atoms with E-state index in [1.54, 1.807) is 49.5 Å². The first kappa shape index (κ1) is 31.6. The summed E-state index contributed by atoms with van der Waals surface area (Å²) in [6.45, 7) is 4.36. The molecule has 0 unspecified atom stereocenters. The molecule has 2 heterocycles. The number of fused-ring (bicyclic) bond motifs is 1. The Morgan fingerprint density at radius 3 is 2.64 bits per heavy atom. The van der Waals surface area contributed by atoms with Crippen molar-refractivity contribution in [2.45, 2.75) is 33.2 Å². The number of amidine groups is 1.